The average molecular weight is 264 g/mol. The van der Waals surface area contributed by atoms with Gasteiger partial charge in [0.15, 0.2) is 0 Å². The number of rotatable bonds is 2. The first-order chi connectivity index (χ1) is 9.44. The van der Waals surface area contributed by atoms with Crippen LogP contribution < -0.4 is 0 Å². The van der Waals surface area contributed by atoms with Crippen LogP contribution in [0.1, 0.15) is 33.4 Å². The summed E-state index contributed by atoms with van der Waals surface area (Å²) in [6.45, 7) is 15.8. The fourth-order valence-corrected chi connectivity index (χ4v) is 2.26. The summed E-state index contributed by atoms with van der Waals surface area (Å²) in [7, 11) is 0. The van der Waals surface area contributed by atoms with E-state index in [9.17, 15) is 0 Å². The highest BCUT2D eigenvalue weighted by molar-refractivity contribution is 5.50. The first kappa shape index (κ1) is 16.0. The van der Waals surface area contributed by atoms with Crippen molar-refractivity contribution < 1.29 is 0 Å². The van der Waals surface area contributed by atoms with Gasteiger partial charge in [-0.1, -0.05) is 84.0 Å². The molecule has 0 saturated carbocycles. The molecule has 0 atom stereocenters. The van der Waals surface area contributed by atoms with Gasteiger partial charge in [0, 0.05) is 0 Å². The fraction of sp³-hybridized carbons (Fsp3) is 0.200. The van der Waals surface area contributed by atoms with Gasteiger partial charge in [0.1, 0.15) is 0 Å². The molecule has 0 heterocycles. The summed E-state index contributed by atoms with van der Waals surface area (Å²) >= 11 is 0. The molecule has 104 valence electrons. The molecule has 0 aliphatic rings. The molecule has 0 fully saturated rings. The van der Waals surface area contributed by atoms with Crippen molar-refractivity contribution in [2.45, 2.75) is 27.7 Å². The fourth-order valence-electron chi connectivity index (χ4n) is 2.26. The summed E-state index contributed by atoms with van der Waals surface area (Å²) < 4.78 is 0. The lowest BCUT2D eigenvalue weighted by Crippen LogP contribution is -1.78. The molecule has 0 radical (unpaired) electrons. The van der Waals surface area contributed by atoms with Crippen molar-refractivity contribution in [2.24, 2.45) is 0 Å². The van der Waals surface area contributed by atoms with Gasteiger partial charge < -0.3 is 0 Å². The molecule has 0 spiro atoms. The highest BCUT2D eigenvalue weighted by atomic mass is 14.0. The Kier molecular flexibility index (Phi) is 5.99. The molecular formula is C20H24. The van der Waals surface area contributed by atoms with E-state index in [2.05, 4.69) is 77.3 Å². The minimum atomic E-state index is 1.21. The normalized spacial score (nSPS) is 9.40. The molecule has 20 heavy (non-hydrogen) atoms. The van der Waals surface area contributed by atoms with Gasteiger partial charge in [0.2, 0.25) is 0 Å². The average Bonchev–Trinajstić information content (AvgIpc) is 2.37. The standard InChI is InChI=1S/2C10H12/c2*1-4-10-6-8(2)5-9(3)7-10/h2*4-7H,1H2,2-3H3. The van der Waals surface area contributed by atoms with Crippen LogP contribution in [0, 0.1) is 27.7 Å². The quantitative estimate of drug-likeness (QED) is 0.634. The zero-order chi connectivity index (χ0) is 15.1. The lowest BCUT2D eigenvalue weighted by atomic mass is 10.1. The van der Waals surface area contributed by atoms with Crippen molar-refractivity contribution in [1.29, 1.82) is 0 Å². The van der Waals surface area contributed by atoms with Crippen LogP contribution in [0.2, 0.25) is 0 Å². The smallest absolute Gasteiger partial charge is 0.0257 e. The highest BCUT2D eigenvalue weighted by Crippen LogP contribution is 2.09. The van der Waals surface area contributed by atoms with E-state index in [0.29, 0.717) is 0 Å². The first-order valence-electron chi connectivity index (χ1n) is 6.86. The van der Waals surface area contributed by atoms with Crippen LogP contribution in [0.3, 0.4) is 0 Å². The summed E-state index contributed by atoms with van der Waals surface area (Å²) in [6, 6.07) is 12.8. The second-order valence-corrected chi connectivity index (χ2v) is 5.25. The summed E-state index contributed by atoms with van der Waals surface area (Å²) in [5.74, 6) is 0. The molecule has 0 saturated heterocycles. The number of hydrogen-bond donors (Lipinski definition) is 0. The molecule has 0 aliphatic heterocycles. The van der Waals surface area contributed by atoms with Gasteiger partial charge in [-0.2, -0.15) is 0 Å². The lowest BCUT2D eigenvalue weighted by Gasteiger charge is -1.98. The molecule has 2 aromatic rings. The van der Waals surface area contributed by atoms with E-state index in [1.165, 1.54) is 33.4 Å². The SMILES string of the molecule is C=Cc1cc(C)cc(C)c1.C=Cc1cc(C)cc(C)c1. The van der Waals surface area contributed by atoms with E-state index in [4.69, 9.17) is 0 Å². The van der Waals surface area contributed by atoms with Crippen LogP contribution in [0.15, 0.2) is 49.6 Å². The second-order valence-electron chi connectivity index (χ2n) is 5.25. The third-order valence-electron chi connectivity index (χ3n) is 2.96. The first-order valence-corrected chi connectivity index (χ1v) is 6.86. The molecular weight excluding hydrogens is 240 g/mol. The van der Waals surface area contributed by atoms with Gasteiger partial charge in [-0.25, -0.2) is 0 Å². The molecule has 0 aliphatic carbocycles. The Labute approximate surface area is 123 Å². The summed E-state index contributed by atoms with van der Waals surface area (Å²) in [6.07, 6.45) is 3.75. The molecule has 0 unspecified atom stereocenters. The predicted octanol–water partition coefficient (Wildman–Crippen LogP) is 5.89. The van der Waals surface area contributed by atoms with Crippen LogP contribution >= 0.6 is 0 Å². The Bertz CT molecular complexity index is 507. The Morgan fingerprint density at radius 3 is 1.00 bits per heavy atom. The van der Waals surface area contributed by atoms with Crippen molar-refractivity contribution >= 4 is 12.2 Å². The van der Waals surface area contributed by atoms with Gasteiger partial charge in [0.25, 0.3) is 0 Å². The highest BCUT2D eigenvalue weighted by Gasteiger charge is 1.90. The van der Waals surface area contributed by atoms with E-state index >= 15 is 0 Å². The van der Waals surface area contributed by atoms with E-state index < -0.39 is 0 Å². The largest absolute Gasteiger partial charge is 0.0985 e. The van der Waals surface area contributed by atoms with Crippen LogP contribution in [-0.4, -0.2) is 0 Å². The molecule has 0 bridgehead atoms. The predicted molar refractivity (Wildman–Crippen MR) is 92.0 cm³/mol. The van der Waals surface area contributed by atoms with Crippen LogP contribution in [0.25, 0.3) is 12.2 Å². The molecule has 0 amide bonds. The third kappa shape index (κ3) is 5.27. The van der Waals surface area contributed by atoms with Gasteiger partial charge >= 0.3 is 0 Å². The summed E-state index contributed by atoms with van der Waals surface area (Å²) in [4.78, 5) is 0. The maximum Gasteiger partial charge on any atom is -0.0257 e. The van der Waals surface area contributed by atoms with Crippen molar-refractivity contribution in [1.82, 2.24) is 0 Å². The Hall–Kier alpha value is -2.08. The van der Waals surface area contributed by atoms with Gasteiger partial charge in [-0.05, 0) is 38.8 Å². The lowest BCUT2D eigenvalue weighted by molar-refractivity contribution is 1.37. The Balaban J connectivity index is 0.000000200. The van der Waals surface area contributed by atoms with Crippen LogP contribution in [0.4, 0.5) is 0 Å². The van der Waals surface area contributed by atoms with Crippen molar-refractivity contribution in [3.8, 4) is 0 Å². The molecule has 0 nitrogen and oxygen atoms in total. The minimum Gasteiger partial charge on any atom is -0.0985 e. The summed E-state index contributed by atoms with van der Waals surface area (Å²) in [5.41, 5.74) is 7.62. The topological polar surface area (TPSA) is 0 Å². The van der Waals surface area contributed by atoms with Gasteiger partial charge in [-0.3, -0.25) is 0 Å². The monoisotopic (exact) mass is 264 g/mol. The second kappa shape index (κ2) is 7.49. The van der Waals surface area contributed by atoms with Crippen LogP contribution in [0.5, 0.6) is 0 Å². The molecule has 2 aromatic carbocycles. The van der Waals surface area contributed by atoms with E-state index in [1.54, 1.807) is 0 Å². The van der Waals surface area contributed by atoms with Crippen molar-refractivity contribution in [2.75, 3.05) is 0 Å². The van der Waals surface area contributed by atoms with Gasteiger partial charge in [-0.15, -0.1) is 0 Å². The van der Waals surface area contributed by atoms with E-state index in [0.717, 1.165) is 0 Å². The molecule has 0 aromatic heterocycles. The maximum absolute atomic E-state index is 3.71. The molecule has 0 heteroatoms. The molecule has 0 N–H and O–H groups in total. The van der Waals surface area contributed by atoms with Gasteiger partial charge in [0.05, 0.1) is 0 Å². The third-order valence-corrected chi connectivity index (χ3v) is 2.96. The number of benzene rings is 2. The Morgan fingerprint density at radius 2 is 0.800 bits per heavy atom. The Morgan fingerprint density at radius 1 is 0.550 bits per heavy atom. The maximum atomic E-state index is 3.71. The van der Waals surface area contributed by atoms with Crippen molar-refractivity contribution in [3.63, 3.8) is 0 Å². The van der Waals surface area contributed by atoms with Crippen LogP contribution in [-0.2, 0) is 0 Å². The van der Waals surface area contributed by atoms with Crippen molar-refractivity contribution in [3.05, 3.63) is 82.9 Å². The number of aryl methyl sites for hydroxylation is 4. The summed E-state index contributed by atoms with van der Waals surface area (Å²) in [5, 5.41) is 0. The number of hydrogen-bond acceptors (Lipinski definition) is 0. The zero-order valence-electron chi connectivity index (χ0n) is 13.0. The van der Waals surface area contributed by atoms with E-state index in [1.807, 2.05) is 12.2 Å². The zero-order valence-corrected chi connectivity index (χ0v) is 13.0. The molecule has 2 rings (SSSR count). The minimum absolute atomic E-state index is 1.21. The van der Waals surface area contributed by atoms with E-state index in [-0.39, 0.29) is 0 Å².